The van der Waals surface area contributed by atoms with Crippen LogP contribution in [0.3, 0.4) is 0 Å². The first kappa shape index (κ1) is 18.7. The molecule has 0 fully saturated rings. The van der Waals surface area contributed by atoms with Crippen LogP contribution >= 0.6 is 11.6 Å². The SMILES string of the molecule is CN(C)c1ccc(/C=c2\c3ccccc3n3c2cc(-c2ccc(Cl)cc2)[n+]3C)cc1. The predicted octanol–water partition coefficient (Wildman–Crippen LogP) is 4.85. The number of aromatic nitrogens is 2. The molecule has 0 saturated carbocycles. The Balaban J connectivity index is 1.78. The molecule has 0 N–H and O–H groups in total. The topological polar surface area (TPSA) is 11.5 Å². The van der Waals surface area contributed by atoms with Gasteiger partial charge in [-0.3, -0.25) is 0 Å². The van der Waals surface area contributed by atoms with Gasteiger partial charge >= 0.3 is 0 Å². The molecule has 3 nitrogen and oxygen atoms in total. The summed E-state index contributed by atoms with van der Waals surface area (Å²) in [6.07, 6.45) is 2.28. The summed E-state index contributed by atoms with van der Waals surface area (Å²) in [6.45, 7) is 0. The summed E-state index contributed by atoms with van der Waals surface area (Å²) in [5.74, 6) is 0. The van der Waals surface area contributed by atoms with Gasteiger partial charge < -0.3 is 4.90 Å². The number of aryl methyl sites for hydroxylation is 1. The Kier molecular flexibility index (Phi) is 4.48. The number of hydrogen-bond acceptors (Lipinski definition) is 1. The van der Waals surface area contributed by atoms with E-state index in [0.717, 1.165) is 16.3 Å². The molecule has 0 aliphatic carbocycles. The van der Waals surface area contributed by atoms with Crippen molar-refractivity contribution in [3.05, 3.63) is 94.7 Å². The lowest BCUT2D eigenvalue weighted by atomic mass is 10.1. The fraction of sp³-hybridized carbons (Fsp3) is 0.115. The predicted molar refractivity (Wildman–Crippen MR) is 126 cm³/mol. The summed E-state index contributed by atoms with van der Waals surface area (Å²) in [6, 6.07) is 27.5. The van der Waals surface area contributed by atoms with E-state index in [1.165, 1.54) is 32.9 Å². The number of anilines is 1. The fourth-order valence-electron chi connectivity index (χ4n) is 4.14. The van der Waals surface area contributed by atoms with Crippen LogP contribution in [-0.4, -0.2) is 18.6 Å². The van der Waals surface area contributed by atoms with E-state index >= 15 is 0 Å². The minimum Gasteiger partial charge on any atom is -0.378 e. The van der Waals surface area contributed by atoms with E-state index in [1.54, 1.807) is 0 Å². The zero-order valence-corrected chi connectivity index (χ0v) is 18.1. The van der Waals surface area contributed by atoms with Crippen LogP contribution in [0.4, 0.5) is 5.69 Å². The second-order valence-electron chi connectivity index (χ2n) is 7.82. The molecule has 0 amide bonds. The monoisotopic (exact) mass is 412 g/mol. The van der Waals surface area contributed by atoms with Gasteiger partial charge in [-0.2, -0.15) is 0 Å². The van der Waals surface area contributed by atoms with Crippen molar-refractivity contribution in [2.45, 2.75) is 0 Å². The van der Waals surface area contributed by atoms with Crippen molar-refractivity contribution in [2.24, 2.45) is 7.05 Å². The zero-order valence-electron chi connectivity index (χ0n) is 17.3. The van der Waals surface area contributed by atoms with Crippen LogP contribution in [0.15, 0.2) is 78.9 Å². The highest BCUT2D eigenvalue weighted by Crippen LogP contribution is 2.23. The van der Waals surface area contributed by atoms with E-state index < -0.39 is 0 Å². The van der Waals surface area contributed by atoms with E-state index in [-0.39, 0.29) is 0 Å². The molecule has 0 bridgehead atoms. The van der Waals surface area contributed by atoms with Crippen molar-refractivity contribution in [3.8, 4) is 11.3 Å². The maximum absolute atomic E-state index is 6.10. The van der Waals surface area contributed by atoms with Gasteiger partial charge in [-0.05, 0) is 54.1 Å². The van der Waals surface area contributed by atoms with Gasteiger partial charge in [0, 0.05) is 47.0 Å². The molecule has 0 spiro atoms. The largest absolute Gasteiger partial charge is 0.378 e. The summed E-state index contributed by atoms with van der Waals surface area (Å²) in [5.41, 5.74) is 7.09. The van der Waals surface area contributed by atoms with E-state index in [4.69, 9.17) is 11.6 Å². The molecule has 30 heavy (non-hydrogen) atoms. The number of halogens is 1. The first-order valence-corrected chi connectivity index (χ1v) is 10.4. The Hall–Kier alpha value is -3.30. The van der Waals surface area contributed by atoms with Crippen LogP contribution in [0.2, 0.25) is 5.02 Å². The van der Waals surface area contributed by atoms with Crippen molar-refractivity contribution in [3.63, 3.8) is 0 Å². The van der Waals surface area contributed by atoms with Crippen LogP contribution < -0.4 is 14.8 Å². The standard InChI is InChI=1S/C26H23ClN3/c1-28(2)21-14-8-18(9-15-21)16-23-22-6-4-5-7-24(22)30-26(23)17-25(29(30)3)19-10-12-20(27)13-11-19/h4-17H,1-3H3/q+1. The molecule has 0 unspecified atom stereocenters. The van der Waals surface area contributed by atoms with Gasteiger partial charge in [-0.25, -0.2) is 0 Å². The van der Waals surface area contributed by atoms with E-state index in [9.17, 15) is 0 Å². The molecule has 2 aromatic heterocycles. The Morgan fingerprint density at radius 1 is 0.867 bits per heavy atom. The number of para-hydroxylation sites is 1. The van der Waals surface area contributed by atoms with Crippen LogP contribution in [0.5, 0.6) is 0 Å². The average molecular weight is 413 g/mol. The fourth-order valence-corrected chi connectivity index (χ4v) is 4.26. The third-order valence-electron chi connectivity index (χ3n) is 5.71. The van der Waals surface area contributed by atoms with Crippen molar-refractivity contribution in [1.29, 1.82) is 0 Å². The van der Waals surface area contributed by atoms with Gasteiger partial charge in [0.05, 0.1) is 0 Å². The van der Waals surface area contributed by atoms with Crippen molar-refractivity contribution in [1.82, 2.24) is 4.52 Å². The van der Waals surface area contributed by atoms with Crippen LogP contribution in [0, 0.1) is 0 Å². The molecule has 5 rings (SSSR count). The first-order valence-electron chi connectivity index (χ1n) is 10.00. The van der Waals surface area contributed by atoms with E-state index in [2.05, 4.69) is 108 Å². The molecule has 0 saturated heterocycles. The summed E-state index contributed by atoms with van der Waals surface area (Å²) in [4.78, 5) is 2.12. The first-order chi connectivity index (χ1) is 14.5. The molecule has 0 radical (unpaired) electrons. The van der Waals surface area contributed by atoms with Gasteiger partial charge in [0.25, 0.3) is 0 Å². The lowest BCUT2D eigenvalue weighted by molar-refractivity contribution is -0.725. The smallest absolute Gasteiger partial charge is 0.239 e. The molecule has 3 aromatic carbocycles. The highest BCUT2D eigenvalue weighted by Gasteiger charge is 2.21. The zero-order chi connectivity index (χ0) is 20.8. The Labute approximate surface area is 181 Å². The van der Waals surface area contributed by atoms with Crippen LogP contribution in [-0.2, 0) is 7.05 Å². The molecule has 0 aliphatic rings. The highest BCUT2D eigenvalue weighted by atomic mass is 35.5. The summed E-state index contributed by atoms with van der Waals surface area (Å²) >= 11 is 6.10. The second kappa shape index (κ2) is 7.19. The molecule has 148 valence electrons. The van der Waals surface area contributed by atoms with Crippen molar-refractivity contribution < 1.29 is 4.68 Å². The van der Waals surface area contributed by atoms with Gasteiger partial charge in [0.15, 0.2) is 7.05 Å². The molecule has 5 aromatic rings. The normalized spacial score (nSPS) is 12.2. The van der Waals surface area contributed by atoms with Gasteiger partial charge in [0.1, 0.15) is 11.0 Å². The third kappa shape index (κ3) is 3.03. The maximum atomic E-state index is 6.10. The molecule has 4 heteroatoms. The maximum Gasteiger partial charge on any atom is 0.239 e. The Morgan fingerprint density at radius 2 is 1.57 bits per heavy atom. The number of rotatable bonds is 3. The number of nitrogens with zero attached hydrogens (tertiary/aromatic N) is 3. The van der Waals surface area contributed by atoms with Gasteiger partial charge in [-0.1, -0.05) is 41.9 Å². The van der Waals surface area contributed by atoms with E-state index in [1.807, 2.05) is 12.1 Å². The quantitative estimate of drug-likeness (QED) is 0.385. The Morgan fingerprint density at radius 3 is 2.27 bits per heavy atom. The minimum atomic E-state index is 0.750. The average Bonchev–Trinajstić information content (AvgIpc) is 3.25. The van der Waals surface area contributed by atoms with Crippen molar-refractivity contribution in [2.75, 3.05) is 19.0 Å². The summed E-state index contributed by atoms with van der Waals surface area (Å²) in [7, 11) is 6.23. The van der Waals surface area contributed by atoms with Gasteiger partial charge in [-0.15, -0.1) is 9.20 Å². The molecule has 0 aliphatic heterocycles. The second-order valence-corrected chi connectivity index (χ2v) is 8.25. The van der Waals surface area contributed by atoms with Crippen molar-refractivity contribution >= 4 is 39.8 Å². The Bertz CT molecular complexity index is 1410. The van der Waals surface area contributed by atoms with Gasteiger partial charge in [0.2, 0.25) is 5.69 Å². The number of benzene rings is 3. The highest BCUT2D eigenvalue weighted by molar-refractivity contribution is 6.30. The lowest BCUT2D eigenvalue weighted by Gasteiger charge is -2.11. The lowest BCUT2D eigenvalue weighted by Crippen LogP contribution is -2.36. The molecular formula is C26H23ClN3+. The van der Waals surface area contributed by atoms with Crippen LogP contribution in [0.1, 0.15) is 5.56 Å². The third-order valence-corrected chi connectivity index (χ3v) is 5.96. The summed E-state index contributed by atoms with van der Waals surface area (Å²) in [5, 5.41) is 3.24. The number of fused-ring (bicyclic) bond motifs is 3. The minimum absolute atomic E-state index is 0.750. The molecular weight excluding hydrogens is 390 g/mol. The molecule has 0 atom stereocenters. The van der Waals surface area contributed by atoms with Crippen LogP contribution in [0.25, 0.3) is 33.8 Å². The summed E-state index contributed by atoms with van der Waals surface area (Å²) < 4.78 is 4.51. The number of hydrogen-bond donors (Lipinski definition) is 0. The van der Waals surface area contributed by atoms with E-state index in [0.29, 0.717) is 0 Å². The molecule has 2 heterocycles.